The van der Waals surface area contributed by atoms with E-state index in [2.05, 4.69) is 5.32 Å². The average Bonchev–Trinajstić information content (AvgIpc) is 2.36. The number of hydrogen-bond acceptors (Lipinski definition) is 7. The topological polar surface area (TPSA) is 139 Å². The van der Waals surface area contributed by atoms with E-state index in [0.29, 0.717) is 6.42 Å². The zero-order valence-electron chi connectivity index (χ0n) is 11.6. The highest BCUT2D eigenvalue weighted by Gasteiger charge is 2.48. The average molecular weight is 293 g/mol. The molecular formula is C12H23NO7. The summed E-state index contributed by atoms with van der Waals surface area (Å²) in [5.74, 6) is -3.08. The van der Waals surface area contributed by atoms with Crippen LogP contribution in [0.1, 0.15) is 20.3 Å². The van der Waals surface area contributed by atoms with E-state index < -0.39 is 36.1 Å². The largest absolute Gasteiger partial charge is 0.480 e. The van der Waals surface area contributed by atoms with E-state index >= 15 is 0 Å². The zero-order chi connectivity index (χ0) is 15.5. The molecule has 118 valence electrons. The van der Waals surface area contributed by atoms with Gasteiger partial charge in [0.25, 0.3) is 0 Å². The van der Waals surface area contributed by atoms with Gasteiger partial charge in [0.1, 0.15) is 24.4 Å². The molecule has 1 aliphatic heterocycles. The van der Waals surface area contributed by atoms with E-state index in [9.17, 15) is 25.2 Å². The smallest absolute Gasteiger partial charge is 0.320 e. The van der Waals surface area contributed by atoms with Gasteiger partial charge in [0.15, 0.2) is 0 Å². The number of carbonyl (C=O) groups is 1. The highest BCUT2D eigenvalue weighted by molar-refractivity contribution is 5.73. The van der Waals surface area contributed by atoms with E-state index in [-0.39, 0.29) is 19.1 Å². The number of nitrogens with one attached hydrogen (secondary N) is 1. The number of aliphatic hydroxyl groups excluding tert-OH is 3. The molecule has 1 fully saturated rings. The molecule has 1 aliphatic rings. The van der Waals surface area contributed by atoms with Gasteiger partial charge in [-0.05, 0) is 12.3 Å². The first kappa shape index (κ1) is 17.3. The summed E-state index contributed by atoms with van der Waals surface area (Å²) in [6.07, 6.45) is -4.24. The van der Waals surface area contributed by atoms with Crippen molar-refractivity contribution in [2.45, 2.75) is 50.4 Å². The molecule has 1 heterocycles. The first-order valence-electron chi connectivity index (χ1n) is 6.54. The van der Waals surface area contributed by atoms with Gasteiger partial charge in [-0.1, -0.05) is 13.8 Å². The summed E-state index contributed by atoms with van der Waals surface area (Å²) >= 11 is 0. The van der Waals surface area contributed by atoms with Crippen LogP contribution in [0.5, 0.6) is 0 Å². The van der Waals surface area contributed by atoms with Crippen LogP contribution in [0.2, 0.25) is 0 Å². The van der Waals surface area contributed by atoms with Gasteiger partial charge in [0, 0.05) is 0 Å². The molecule has 0 aromatic heterocycles. The van der Waals surface area contributed by atoms with Crippen LogP contribution in [-0.4, -0.2) is 74.8 Å². The Hall–Kier alpha value is -0.770. The number of carboxylic acids is 1. The second-order valence-corrected chi connectivity index (χ2v) is 5.56. The maximum absolute atomic E-state index is 11.1. The van der Waals surface area contributed by atoms with Gasteiger partial charge in [-0.15, -0.1) is 0 Å². The fraction of sp³-hybridized carbons (Fsp3) is 0.917. The third-order valence-electron chi connectivity index (χ3n) is 3.29. The lowest BCUT2D eigenvalue weighted by atomic mass is 9.96. The molecule has 20 heavy (non-hydrogen) atoms. The van der Waals surface area contributed by atoms with Crippen molar-refractivity contribution >= 4 is 5.97 Å². The number of hydrogen-bond donors (Lipinski definition) is 6. The van der Waals surface area contributed by atoms with Gasteiger partial charge in [-0.25, -0.2) is 0 Å². The molecule has 0 bridgehead atoms. The number of ether oxygens (including phenoxy) is 1. The van der Waals surface area contributed by atoms with Crippen LogP contribution in [0, 0.1) is 5.92 Å². The Morgan fingerprint density at radius 3 is 2.50 bits per heavy atom. The molecule has 0 spiro atoms. The Bertz CT molecular complexity index is 338. The van der Waals surface area contributed by atoms with Crippen LogP contribution in [0.15, 0.2) is 0 Å². The summed E-state index contributed by atoms with van der Waals surface area (Å²) in [6.45, 7) is 3.00. The lowest BCUT2D eigenvalue weighted by Crippen LogP contribution is -2.65. The number of carboxylic acid groups (broad SMARTS) is 1. The molecule has 6 N–H and O–H groups in total. The maximum Gasteiger partial charge on any atom is 0.320 e. The Labute approximate surface area is 117 Å². The van der Waals surface area contributed by atoms with Crippen LogP contribution in [0.3, 0.4) is 0 Å². The van der Waals surface area contributed by atoms with Gasteiger partial charge >= 0.3 is 5.97 Å². The van der Waals surface area contributed by atoms with Crippen LogP contribution < -0.4 is 5.32 Å². The summed E-state index contributed by atoms with van der Waals surface area (Å²) < 4.78 is 4.94. The first-order chi connectivity index (χ1) is 9.17. The van der Waals surface area contributed by atoms with E-state index in [1.165, 1.54) is 0 Å². The molecule has 0 aromatic carbocycles. The second kappa shape index (κ2) is 6.79. The summed E-state index contributed by atoms with van der Waals surface area (Å²) in [7, 11) is 0. The van der Waals surface area contributed by atoms with Crippen molar-refractivity contribution < 1.29 is 35.1 Å². The van der Waals surface area contributed by atoms with Gasteiger partial charge < -0.3 is 30.3 Å². The second-order valence-electron chi connectivity index (χ2n) is 5.56. The fourth-order valence-corrected chi connectivity index (χ4v) is 2.06. The van der Waals surface area contributed by atoms with Crippen molar-refractivity contribution in [1.29, 1.82) is 0 Å². The van der Waals surface area contributed by atoms with E-state index in [1.807, 2.05) is 13.8 Å². The normalized spacial score (nSPS) is 36.0. The summed E-state index contributed by atoms with van der Waals surface area (Å²) in [5.41, 5.74) is 0. The first-order valence-corrected chi connectivity index (χ1v) is 6.54. The SMILES string of the molecule is CC(C)C[C@H](NC[C@@]1(O)OC[C@@H](O)C(O)C1O)C(=O)O. The van der Waals surface area contributed by atoms with Crippen molar-refractivity contribution in [3.8, 4) is 0 Å². The van der Waals surface area contributed by atoms with E-state index in [4.69, 9.17) is 9.84 Å². The fourth-order valence-electron chi connectivity index (χ4n) is 2.06. The van der Waals surface area contributed by atoms with Crippen LogP contribution in [0.4, 0.5) is 0 Å². The molecule has 5 atom stereocenters. The Kier molecular flexibility index (Phi) is 5.87. The molecule has 8 heteroatoms. The third-order valence-corrected chi connectivity index (χ3v) is 3.29. The van der Waals surface area contributed by atoms with Crippen molar-refractivity contribution in [3.63, 3.8) is 0 Å². The standard InChI is InChI=1S/C12H23NO7/c1-6(2)3-7(11(17)18)13-5-12(19)10(16)9(15)8(14)4-20-12/h6-10,13-16,19H,3-5H2,1-2H3,(H,17,18)/t7-,8+,9?,10?,12+/m0/s1. The van der Waals surface area contributed by atoms with Crippen molar-refractivity contribution in [1.82, 2.24) is 5.32 Å². The Morgan fingerprint density at radius 2 is 2.00 bits per heavy atom. The zero-order valence-corrected chi connectivity index (χ0v) is 11.6. The monoisotopic (exact) mass is 293 g/mol. The molecule has 8 nitrogen and oxygen atoms in total. The lowest BCUT2D eigenvalue weighted by molar-refractivity contribution is -0.318. The third kappa shape index (κ3) is 4.11. The molecule has 0 aromatic rings. The predicted molar refractivity (Wildman–Crippen MR) is 67.8 cm³/mol. The van der Waals surface area contributed by atoms with Crippen molar-refractivity contribution in [2.75, 3.05) is 13.2 Å². The van der Waals surface area contributed by atoms with Gasteiger partial charge in [-0.3, -0.25) is 10.1 Å². The van der Waals surface area contributed by atoms with E-state index in [0.717, 1.165) is 0 Å². The molecule has 1 rings (SSSR count). The lowest BCUT2D eigenvalue weighted by Gasteiger charge is -2.42. The predicted octanol–water partition coefficient (Wildman–Crippen LogP) is -2.12. The highest BCUT2D eigenvalue weighted by Crippen LogP contribution is 2.23. The molecular weight excluding hydrogens is 270 g/mol. The molecule has 0 amide bonds. The van der Waals surface area contributed by atoms with Crippen LogP contribution in [0.25, 0.3) is 0 Å². The number of aliphatic carboxylic acids is 1. The minimum Gasteiger partial charge on any atom is -0.480 e. The Balaban J connectivity index is 2.64. The van der Waals surface area contributed by atoms with Gasteiger partial charge in [0.2, 0.25) is 5.79 Å². The van der Waals surface area contributed by atoms with Crippen molar-refractivity contribution in [2.24, 2.45) is 5.92 Å². The minimum atomic E-state index is -2.14. The van der Waals surface area contributed by atoms with Crippen LogP contribution in [-0.2, 0) is 9.53 Å². The minimum absolute atomic E-state index is 0.128. The number of rotatable bonds is 6. The summed E-state index contributed by atoms with van der Waals surface area (Å²) in [5, 5.41) is 50.3. The van der Waals surface area contributed by atoms with Gasteiger partial charge in [-0.2, -0.15) is 0 Å². The molecule has 1 saturated heterocycles. The maximum atomic E-state index is 11.1. The number of aliphatic hydroxyl groups is 4. The summed E-state index contributed by atoms with van der Waals surface area (Å²) in [6, 6.07) is -0.904. The summed E-state index contributed by atoms with van der Waals surface area (Å²) in [4.78, 5) is 11.1. The quantitative estimate of drug-likeness (QED) is 0.326. The van der Waals surface area contributed by atoms with Crippen LogP contribution >= 0.6 is 0 Å². The molecule has 0 saturated carbocycles. The molecule has 0 radical (unpaired) electrons. The van der Waals surface area contributed by atoms with Crippen molar-refractivity contribution in [3.05, 3.63) is 0 Å². The molecule has 2 unspecified atom stereocenters. The van der Waals surface area contributed by atoms with E-state index in [1.54, 1.807) is 0 Å². The Morgan fingerprint density at radius 1 is 1.40 bits per heavy atom. The molecule has 0 aliphatic carbocycles. The highest BCUT2D eigenvalue weighted by atomic mass is 16.6. The van der Waals surface area contributed by atoms with Gasteiger partial charge in [0.05, 0.1) is 13.2 Å².